The second-order valence-electron chi connectivity index (χ2n) is 4.56. The largest absolute Gasteiger partial charge is 0.392 e. The van der Waals surface area contributed by atoms with Gasteiger partial charge >= 0.3 is 0 Å². The molecule has 7 heteroatoms. The van der Waals surface area contributed by atoms with Crippen molar-refractivity contribution >= 4 is 24.4 Å². The summed E-state index contributed by atoms with van der Waals surface area (Å²) in [7, 11) is 0. The molecule has 0 aromatic heterocycles. The molecule has 17 heavy (non-hydrogen) atoms. The third-order valence-electron chi connectivity index (χ3n) is 3.11. The van der Waals surface area contributed by atoms with E-state index < -0.39 is 18.3 Å². The summed E-state index contributed by atoms with van der Waals surface area (Å²) in [6.45, 7) is 0. The van der Waals surface area contributed by atoms with Crippen molar-refractivity contribution in [3.05, 3.63) is 0 Å². The fourth-order valence-corrected chi connectivity index (χ4v) is 3.44. The van der Waals surface area contributed by atoms with Gasteiger partial charge in [0.05, 0.1) is 18.3 Å². The van der Waals surface area contributed by atoms with E-state index in [-0.39, 0.29) is 23.1 Å². The van der Waals surface area contributed by atoms with Gasteiger partial charge in [0, 0.05) is 28.8 Å². The zero-order valence-electron chi connectivity index (χ0n) is 9.64. The number of rotatable bonds is 5. The predicted molar refractivity (Wildman–Crippen MR) is 73.3 cm³/mol. The van der Waals surface area contributed by atoms with E-state index in [2.05, 4.69) is 12.6 Å². The molecule has 1 rings (SSSR count). The highest BCUT2D eigenvalue weighted by Gasteiger charge is 2.33. The molecule has 0 aromatic carbocycles. The summed E-state index contributed by atoms with van der Waals surface area (Å²) in [6.07, 6.45) is -1.02. The lowest BCUT2D eigenvalue weighted by atomic mass is 9.89. The average molecular weight is 282 g/mol. The molecule has 0 bridgehead atoms. The van der Waals surface area contributed by atoms with Crippen molar-refractivity contribution in [3.63, 3.8) is 0 Å². The third-order valence-corrected chi connectivity index (χ3v) is 4.95. The van der Waals surface area contributed by atoms with Crippen LogP contribution in [0, 0.1) is 0 Å². The summed E-state index contributed by atoms with van der Waals surface area (Å²) in [5.74, 6) is 0.588. The number of thioether (sulfide) groups is 1. The van der Waals surface area contributed by atoms with Crippen LogP contribution in [0.5, 0.6) is 0 Å². The molecule has 0 amide bonds. The topological polar surface area (TPSA) is 113 Å². The first kappa shape index (κ1) is 15.6. The van der Waals surface area contributed by atoms with Crippen LogP contribution >= 0.6 is 24.4 Å². The fraction of sp³-hybridized carbons (Fsp3) is 1.00. The van der Waals surface area contributed by atoms with Gasteiger partial charge in [-0.25, -0.2) is 0 Å². The van der Waals surface area contributed by atoms with Crippen molar-refractivity contribution in [2.75, 3.05) is 11.5 Å². The van der Waals surface area contributed by atoms with Crippen molar-refractivity contribution in [1.82, 2.24) is 0 Å². The molecule has 5 unspecified atom stereocenters. The van der Waals surface area contributed by atoms with Gasteiger partial charge in [0.15, 0.2) is 0 Å². The molecule has 5 nitrogen and oxygen atoms in total. The Kier molecular flexibility index (Phi) is 6.57. The normalized spacial score (nSPS) is 37.8. The zero-order valence-corrected chi connectivity index (χ0v) is 11.4. The van der Waals surface area contributed by atoms with Crippen LogP contribution in [0.1, 0.15) is 12.8 Å². The van der Waals surface area contributed by atoms with E-state index >= 15 is 0 Å². The Morgan fingerprint density at radius 1 is 1.18 bits per heavy atom. The Hall–Kier alpha value is 0.500. The quantitative estimate of drug-likeness (QED) is 0.344. The molecule has 1 aliphatic rings. The van der Waals surface area contributed by atoms with E-state index in [9.17, 15) is 15.3 Å². The summed E-state index contributed by atoms with van der Waals surface area (Å²) in [5, 5.41) is 28.8. The van der Waals surface area contributed by atoms with Gasteiger partial charge < -0.3 is 26.8 Å². The zero-order chi connectivity index (χ0) is 13.0. The highest BCUT2D eigenvalue weighted by Crippen LogP contribution is 2.28. The lowest BCUT2D eigenvalue weighted by Crippen LogP contribution is -2.52. The number of aliphatic hydroxyl groups is 3. The van der Waals surface area contributed by atoms with Gasteiger partial charge in [-0.05, 0) is 12.8 Å². The Morgan fingerprint density at radius 3 is 2.35 bits per heavy atom. The summed E-state index contributed by atoms with van der Waals surface area (Å²) in [4.78, 5) is 0. The molecule has 0 radical (unpaired) electrons. The van der Waals surface area contributed by atoms with E-state index in [0.717, 1.165) is 0 Å². The van der Waals surface area contributed by atoms with E-state index in [1.165, 1.54) is 11.8 Å². The van der Waals surface area contributed by atoms with Crippen molar-refractivity contribution in [1.29, 1.82) is 0 Å². The maximum atomic E-state index is 9.85. The van der Waals surface area contributed by atoms with Crippen molar-refractivity contribution in [2.45, 2.75) is 48.5 Å². The van der Waals surface area contributed by atoms with E-state index in [1.807, 2.05) is 0 Å². The smallest absolute Gasteiger partial charge is 0.0897 e. The van der Waals surface area contributed by atoms with Crippen LogP contribution in [0.3, 0.4) is 0 Å². The van der Waals surface area contributed by atoms with Crippen LogP contribution in [0.15, 0.2) is 0 Å². The molecule has 1 aliphatic carbocycles. The van der Waals surface area contributed by atoms with E-state index in [4.69, 9.17) is 11.5 Å². The highest BCUT2D eigenvalue weighted by molar-refractivity contribution is 8.00. The molecule has 1 saturated carbocycles. The van der Waals surface area contributed by atoms with Crippen molar-refractivity contribution in [3.8, 4) is 0 Å². The SMILES string of the molecule is NC1CC(O)C(SCC(O)[C@H](O)CS)CC1N. The Morgan fingerprint density at radius 2 is 1.76 bits per heavy atom. The van der Waals surface area contributed by atoms with Gasteiger partial charge in [0.25, 0.3) is 0 Å². The minimum absolute atomic E-state index is 0.0217. The van der Waals surface area contributed by atoms with Crippen LogP contribution in [0.2, 0.25) is 0 Å². The lowest BCUT2D eigenvalue weighted by Gasteiger charge is -2.35. The average Bonchev–Trinajstić information content (AvgIpc) is 2.30. The number of aliphatic hydroxyl groups excluding tert-OH is 3. The first-order chi connectivity index (χ1) is 7.95. The molecule has 0 spiro atoms. The molecule has 0 aliphatic heterocycles. The maximum absolute atomic E-state index is 9.85. The van der Waals surface area contributed by atoms with Crippen LogP contribution in [-0.2, 0) is 0 Å². The fourth-order valence-electron chi connectivity index (χ4n) is 1.84. The minimum Gasteiger partial charge on any atom is -0.392 e. The number of hydrogen-bond donors (Lipinski definition) is 6. The number of nitrogens with two attached hydrogens (primary N) is 2. The Bertz CT molecular complexity index is 236. The molecule has 0 aromatic rings. The molecule has 6 atom stereocenters. The van der Waals surface area contributed by atoms with Crippen LogP contribution in [0.4, 0.5) is 0 Å². The number of hydrogen-bond acceptors (Lipinski definition) is 7. The molecular formula is C10H22N2O3S2. The van der Waals surface area contributed by atoms with E-state index in [1.54, 1.807) is 0 Å². The summed E-state index contributed by atoms with van der Waals surface area (Å²) >= 11 is 5.35. The molecular weight excluding hydrogens is 260 g/mol. The van der Waals surface area contributed by atoms with Gasteiger partial charge in [-0.3, -0.25) is 0 Å². The monoisotopic (exact) mass is 282 g/mol. The predicted octanol–water partition coefficient (Wildman–Crippen LogP) is -1.45. The Balaban J connectivity index is 2.36. The van der Waals surface area contributed by atoms with E-state index in [0.29, 0.717) is 18.6 Å². The first-order valence-electron chi connectivity index (χ1n) is 5.73. The molecule has 7 N–H and O–H groups in total. The summed E-state index contributed by atoms with van der Waals surface area (Å²) in [5.41, 5.74) is 11.6. The molecule has 102 valence electrons. The molecule has 0 heterocycles. The summed E-state index contributed by atoms with van der Waals surface area (Å²) < 4.78 is 0. The third kappa shape index (κ3) is 4.59. The van der Waals surface area contributed by atoms with Crippen molar-refractivity contribution in [2.24, 2.45) is 11.5 Å². The summed E-state index contributed by atoms with van der Waals surface area (Å²) in [6, 6.07) is -0.266. The van der Waals surface area contributed by atoms with Crippen LogP contribution in [0.25, 0.3) is 0 Å². The maximum Gasteiger partial charge on any atom is 0.0897 e. The highest BCUT2D eigenvalue weighted by atomic mass is 32.2. The van der Waals surface area contributed by atoms with Gasteiger partial charge in [0.1, 0.15) is 0 Å². The standard InChI is InChI=1S/C10H22N2O3S2/c11-5-1-7(13)10(2-6(5)12)17-4-9(15)8(14)3-16/h5-10,13-16H,1-4,11-12H2/t5?,6?,7?,8-,9?,10?/m1/s1. The second-order valence-corrected chi connectivity index (χ2v) is 6.19. The van der Waals surface area contributed by atoms with Gasteiger partial charge in [-0.2, -0.15) is 24.4 Å². The van der Waals surface area contributed by atoms with Gasteiger partial charge in [-0.1, -0.05) is 0 Å². The minimum atomic E-state index is -0.831. The Labute approximate surface area is 111 Å². The van der Waals surface area contributed by atoms with Crippen LogP contribution in [-0.4, -0.2) is 62.5 Å². The first-order valence-corrected chi connectivity index (χ1v) is 7.41. The molecule has 1 fully saturated rings. The second kappa shape index (κ2) is 7.18. The van der Waals surface area contributed by atoms with Crippen LogP contribution < -0.4 is 11.5 Å². The van der Waals surface area contributed by atoms with Crippen molar-refractivity contribution < 1.29 is 15.3 Å². The molecule has 0 saturated heterocycles. The lowest BCUT2D eigenvalue weighted by molar-refractivity contribution is 0.0497. The van der Waals surface area contributed by atoms with Gasteiger partial charge in [-0.15, -0.1) is 0 Å². The van der Waals surface area contributed by atoms with Gasteiger partial charge in [0.2, 0.25) is 0 Å². The number of thiol groups is 1.